The Kier molecular flexibility index (Phi) is 302. The van der Waals surface area contributed by atoms with Crippen molar-refractivity contribution >= 4 is 85.7 Å². The van der Waals surface area contributed by atoms with Crippen molar-refractivity contribution in [2.24, 2.45) is 0 Å². The molecule has 0 amide bonds. The van der Waals surface area contributed by atoms with Crippen molar-refractivity contribution in [3.63, 3.8) is 0 Å². The Morgan fingerprint density at radius 2 is 1.14 bits per heavy atom. The molecule has 0 heterocycles. The predicted molar refractivity (Wildman–Crippen MR) is 37.7 cm³/mol. The molecular formula is H10CdGaGeInOSnZn. The standard InChI is InChI=1S/Cd.Ga.GeH4.In.O.Sn.Zn.6H/h;;1H4;;;;;;;;;;. The molecule has 0 aromatic heterocycles. The van der Waals surface area contributed by atoms with Crippen molar-refractivity contribution in [3.05, 3.63) is 0 Å². The summed E-state index contributed by atoms with van der Waals surface area (Å²) in [5, 5.41) is 0. The minimum absolute atomic E-state index is 0. The van der Waals surface area contributed by atoms with Crippen molar-refractivity contribution in [3.8, 4) is 0 Å². The molecule has 0 atom stereocenters. The van der Waals surface area contributed by atoms with Gasteiger partial charge in [-0.1, -0.05) is 0 Å². The van der Waals surface area contributed by atoms with Gasteiger partial charge in [-0.05, 0) is 0 Å². The van der Waals surface area contributed by atoms with E-state index in [4.69, 9.17) is 3.08 Å². The molecule has 7 heteroatoms. The first-order valence-corrected chi connectivity index (χ1v) is 1.37. The van der Waals surface area contributed by atoms with Crippen LogP contribution < -0.4 is 0 Å². The van der Waals surface area contributed by atoms with Gasteiger partial charge in [-0.2, -0.15) is 0 Å². The summed E-state index contributed by atoms with van der Waals surface area (Å²) in [5.74, 6) is 0. The van der Waals surface area contributed by atoms with Gasteiger partial charge in [0.15, 0.2) is 0 Å². The van der Waals surface area contributed by atoms with E-state index in [1.165, 1.54) is 0 Å². The molecule has 34 valence electrons. The Balaban J connectivity index is -0.000000000500. The van der Waals surface area contributed by atoms with Gasteiger partial charge in [0.2, 0.25) is 0 Å². The number of hydrogen-bond donors (Lipinski definition) is 0. The molecule has 0 aromatic carbocycles. The molecule has 0 spiro atoms. The van der Waals surface area contributed by atoms with Crippen LogP contribution in [0.4, 0.5) is 0 Å². The van der Waals surface area contributed by atoms with Crippen LogP contribution in [-0.2, 0) is 49.9 Å². The zero-order valence-electron chi connectivity index (χ0n) is 2.32. The van der Waals surface area contributed by atoms with Crippen molar-refractivity contribution in [1.29, 1.82) is 0 Å². The molecular weight excluding hydrogens is 570 g/mol. The van der Waals surface area contributed by atoms with E-state index in [1.54, 1.807) is 0 Å². The molecule has 0 saturated heterocycles. The molecule has 0 aliphatic rings. The van der Waals surface area contributed by atoms with Crippen LogP contribution >= 0.6 is 0 Å². The summed E-state index contributed by atoms with van der Waals surface area (Å²) in [5.41, 5.74) is 0. The first-order valence-electron chi connectivity index (χ1n) is 0.204. The van der Waals surface area contributed by atoms with E-state index in [-0.39, 0.29) is 110 Å². The van der Waals surface area contributed by atoms with E-state index < -0.39 is 0 Å². The van der Waals surface area contributed by atoms with Crippen LogP contribution in [-0.4, -0.2) is 85.7 Å². The third kappa shape index (κ3) is 38.9. The SMILES string of the molecule is [Cd].[GaH3].[GeH4].[InH3].[O]=[Sn].[Zn]. The van der Waals surface area contributed by atoms with E-state index in [1.807, 2.05) is 0 Å². The molecule has 0 aliphatic carbocycles. The normalized spacial score (nSPS) is 0.571. The molecule has 1 nitrogen and oxygen atoms in total. The van der Waals surface area contributed by atoms with Crippen molar-refractivity contribution < 1.29 is 49.9 Å². The zero-order chi connectivity index (χ0) is 2.00. The second-order valence-corrected chi connectivity index (χ2v) is 0. The quantitative estimate of drug-likeness (QED) is 0.266. The van der Waals surface area contributed by atoms with Crippen LogP contribution in [0.3, 0.4) is 0 Å². The van der Waals surface area contributed by atoms with E-state index in [2.05, 4.69) is 0 Å². The van der Waals surface area contributed by atoms with Crippen molar-refractivity contribution in [2.75, 3.05) is 0 Å². The second-order valence-electron chi connectivity index (χ2n) is 0. The van der Waals surface area contributed by atoms with Crippen molar-refractivity contribution in [2.45, 2.75) is 0 Å². The second kappa shape index (κ2) is 49.0. The predicted octanol–water partition coefficient (Wildman–Crippen LogP) is -4.32. The minimum Gasteiger partial charge on any atom is 0 e. The van der Waals surface area contributed by atoms with E-state index in [9.17, 15) is 0 Å². The van der Waals surface area contributed by atoms with Crippen molar-refractivity contribution in [1.82, 2.24) is 0 Å². The van der Waals surface area contributed by atoms with Gasteiger partial charge in [0.05, 0.1) is 0 Å². The van der Waals surface area contributed by atoms with Gasteiger partial charge >= 0.3 is 88.8 Å². The van der Waals surface area contributed by atoms with Gasteiger partial charge < -0.3 is 0 Å². The molecule has 0 fully saturated rings. The molecule has 0 rings (SSSR count). The zero-order valence-corrected chi connectivity index (χ0v) is 12.2. The van der Waals surface area contributed by atoms with E-state index in [0.29, 0.717) is 22.5 Å². The van der Waals surface area contributed by atoms with Gasteiger partial charge in [0, 0.05) is 46.8 Å². The first-order chi connectivity index (χ1) is 1.00. The average Bonchev–Trinajstić information content (AvgIpc) is 1.00. The summed E-state index contributed by atoms with van der Waals surface area (Å²) in [7, 11) is 0. The van der Waals surface area contributed by atoms with Gasteiger partial charge in [0.25, 0.3) is 0 Å². The summed E-state index contributed by atoms with van der Waals surface area (Å²) in [6.07, 6.45) is 0. The molecule has 2 radical (unpaired) electrons. The first kappa shape index (κ1) is 43.1. The van der Waals surface area contributed by atoms with Crippen LogP contribution in [0, 0.1) is 0 Å². The maximum absolute atomic E-state index is 8.34. The summed E-state index contributed by atoms with van der Waals surface area (Å²) in [4.78, 5) is 0. The maximum Gasteiger partial charge on any atom is 0 e. The third-order valence-corrected chi connectivity index (χ3v) is 0. The fourth-order valence-electron chi connectivity index (χ4n) is 0. The smallest absolute Gasteiger partial charge is 0 e. The van der Waals surface area contributed by atoms with Gasteiger partial charge in [0.1, 0.15) is 0 Å². The van der Waals surface area contributed by atoms with Gasteiger partial charge in [-0.3, -0.25) is 0 Å². The molecule has 7 heavy (non-hydrogen) atoms. The number of hydrogen-bond acceptors (Lipinski definition) is 1. The topological polar surface area (TPSA) is 17.1 Å². The number of rotatable bonds is 0. The summed E-state index contributed by atoms with van der Waals surface area (Å²) in [6.45, 7) is 0. The minimum atomic E-state index is 0. The third-order valence-electron chi connectivity index (χ3n) is 0. The van der Waals surface area contributed by atoms with E-state index in [0.717, 1.165) is 0 Å². The fraction of sp³-hybridized carbons (Fsp3) is 0. The molecule has 0 unspecified atom stereocenters. The molecule has 0 N–H and O–H groups in total. The molecule has 0 saturated carbocycles. The van der Waals surface area contributed by atoms with E-state index >= 15 is 0 Å². The molecule has 0 aliphatic heterocycles. The average molecular weight is 580 g/mol. The summed E-state index contributed by atoms with van der Waals surface area (Å²) >= 11 is 0.300. The van der Waals surface area contributed by atoms with Crippen LogP contribution in [0.15, 0.2) is 0 Å². The summed E-state index contributed by atoms with van der Waals surface area (Å²) in [6, 6.07) is 0. The Morgan fingerprint density at radius 1 is 1.14 bits per heavy atom. The fourth-order valence-corrected chi connectivity index (χ4v) is 0. The molecule has 0 aromatic rings. The Morgan fingerprint density at radius 3 is 1.14 bits per heavy atom. The van der Waals surface area contributed by atoms with Gasteiger partial charge in [-0.25, -0.2) is 0 Å². The Labute approximate surface area is 132 Å². The van der Waals surface area contributed by atoms with Crippen LogP contribution in [0.5, 0.6) is 0 Å². The molecule has 0 bridgehead atoms. The monoisotopic (exact) mass is 582 g/mol. The Bertz CT molecular complexity index is 19.7. The summed E-state index contributed by atoms with van der Waals surface area (Å²) < 4.78 is 8.34. The largest absolute Gasteiger partial charge is 0 e. The van der Waals surface area contributed by atoms with Gasteiger partial charge in [-0.15, -0.1) is 0 Å². The van der Waals surface area contributed by atoms with Crippen LogP contribution in [0.1, 0.15) is 0 Å². The van der Waals surface area contributed by atoms with Crippen LogP contribution in [0.2, 0.25) is 0 Å². The van der Waals surface area contributed by atoms with Crippen LogP contribution in [0.25, 0.3) is 0 Å². The Hall–Kier alpha value is 4.19. The maximum atomic E-state index is 8.34.